The van der Waals surface area contributed by atoms with E-state index in [2.05, 4.69) is 15.5 Å². The van der Waals surface area contributed by atoms with E-state index in [0.717, 1.165) is 37.2 Å². The molecule has 222 valence electrons. The normalized spacial score (nSPS) is 16.3. The summed E-state index contributed by atoms with van der Waals surface area (Å²) in [5.74, 6) is -0.421. The van der Waals surface area contributed by atoms with Crippen LogP contribution < -0.4 is 15.5 Å². The average Bonchev–Trinajstić information content (AvgIpc) is 3.02. The highest BCUT2D eigenvalue weighted by molar-refractivity contribution is 7.89. The lowest BCUT2D eigenvalue weighted by molar-refractivity contribution is -0.116. The van der Waals surface area contributed by atoms with Crippen LogP contribution in [0.1, 0.15) is 37.7 Å². The van der Waals surface area contributed by atoms with Gasteiger partial charge in [0.25, 0.3) is 0 Å². The lowest BCUT2D eigenvalue weighted by atomic mass is 9.96. The van der Waals surface area contributed by atoms with E-state index in [1.165, 1.54) is 35.7 Å². The lowest BCUT2D eigenvalue weighted by Crippen LogP contribution is -2.53. The zero-order valence-electron chi connectivity index (χ0n) is 23.8. The van der Waals surface area contributed by atoms with E-state index in [1.807, 2.05) is 59.5 Å². The molecular weight excluding hydrogens is 550 g/mol. The van der Waals surface area contributed by atoms with Gasteiger partial charge in [0.2, 0.25) is 15.9 Å². The van der Waals surface area contributed by atoms with Crippen molar-refractivity contribution in [1.29, 1.82) is 0 Å². The van der Waals surface area contributed by atoms with Crippen LogP contribution in [0.2, 0.25) is 0 Å². The Kier molecular flexibility index (Phi) is 9.76. The summed E-state index contributed by atoms with van der Waals surface area (Å²) in [6.07, 6.45) is 5.78. The number of anilines is 2. The number of nitrogens with zero attached hydrogens (tertiary/aromatic N) is 3. The third-order valence-electron chi connectivity index (χ3n) is 7.92. The van der Waals surface area contributed by atoms with Crippen LogP contribution in [0.15, 0.2) is 89.8 Å². The number of benzene rings is 3. The Morgan fingerprint density at radius 3 is 2.05 bits per heavy atom. The van der Waals surface area contributed by atoms with Crippen molar-refractivity contribution in [1.82, 2.24) is 14.5 Å². The SMILES string of the molecule is O=C(CN(Cc1ccccc1)S(=O)(=O)c1ccccc1)Nc1ccc(N2CCN(C(=O)NC3CCCCC3)CC2)cc1. The molecule has 5 rings (SSSR count). The summed E-state index contributed by atoms with van der Waals surface area (Å²) in [5, 5.41) is 6.05. The number of hydrogen-bond acceptors (Lipinski definition) is 5. The molecule has 1 aliphatic carbocycles. The molecule has 3 aromatic rings. The standard InChI is InChI=1S/C32H39N5O4S/c38-31(25-37(24-26-10-4-1-5-11-26)42(40,41)30-14-8-3-9-15-30)33-28-16-18-29(19-17-28)35-20-22-36(23-21-35)32(39)34-27-12-6-2-7-13-27/h1,3-5,8-11,14-19,27H,2,6-7,12-13,20-25H2,(H,33,38)(H,34,39). The van der Waals surface area contributed by atoms with E-state index in [4.69, 9.17) is 0 Å². The zero-order valence-corrected chi connectivity index (χ0v) is 24.6. The number of piperazine rings is 1. The van der Waals surface area contributed by atoms with Gasteiger partial charge in [-0.2, -0.15) is 4.31 Å². The quantitative estimate of drug-likeness (QED) is 0.378. The highest BCUT2D eigenvalue weighted by atomic mass is 32.2. The molecular formula is C32H39N5O4S. The van der Waals surface area contributed by atoms with E-state index in [0.29, 0.717) is 24.8 Å². The monoisotopic (exact) mass is 589 g/mol. The summed E-state index contributed by atoms with van der Waals surface area (Å²) >= 11 is 0. The van der Waals surface area contributed by atoms with Crippen LogP contribution >= 0.6 is 0 Å². The minimum Gasteiger partial charge on any atom is -0.368 e. The first-order valence-corrected chi connectivity index (χ1v) is 16.1. The summed E-state index contributed by atoms with van der Waals surface area (Å²) in [6, 6.07) is 25.3. The van der Waals surface area contributed by atoms with E-state index in [1.54, 1.807) is 18.2 Å². The molecule has 0 spiro atoms. The Balaban J connectivity index is 1.16. The first kappa shape index (κ1) is 29.6. The fourth-order valence-electron chi connectivity index (χ4n) is 5.55. The van der Waals surface area contributed by atoms with Crippen molar-refractivity contribution in [3.05, 3.63) is 90.5 Å². The summed E-state index contributed by atoms with van der Waals surface area (Å²) < 4.78 is 28.0. The maximum absolute atomic E-state index is 13.4. The van der Waals surface area contributed by atoms with Gasteiger partial charge in [0.15, 0.2) is 0 Å². The van der Waals surface area contributed by atoms with Gasteiger partial charge in [-0.05, 0) is 54.8 Å². The van der Waals surface area contributed by atoms with Crippen molar-refractivity contribution in [2.45, 2.75) is 49.6 Å². The summed E-state index contributed by atoms with van der Waals surface area (Å²) in [6.45, 7) is 2.54. The van der Waals surface area contributed by atoms with Gasteiger partial charge in [-0.15, -0.1) is 0 Å². The third kappa shape index (κ3) is 7.68. The highest BCUT2D eigenvalue weighted by Gasteiger charge is 2.27. The molecule has 2 aliphatic rings. The van der Waals surface area contributed by atoms with Crippen LogP contribution in [0.4, 0.5) is 16.2 Å². The molecule has 9 nitrogen and oxygen atoms in total. The minimum absolute atomic E-state index is 0.0372. The average molecular weight is 590 g/mol. The van der Waals surface area contributed by atoms with E-state index < -0.39 is 15.9 Å². The minimum atomic E-state index is -3.89. The van der Waals surface area contributed by atoms with Crippen LogP contribution in [-0.2, 0) is 21.4 Å². The van der Waals surface area contributed by atoms with Crippen molar-refractivity contribution in [2.75, 3.05) is 42.9 Å². The molecule has 0 radical (unpaired) electrons. The molecule has 0 unspecified atom stereocenters. The molecule has 42 heavy (non-hydrogen) atoms. The molecule has 1 heterocycles. The van der Waals surface area contributed by atoms with Crippen LogP contribution in [0.5, 0.6) is 0 Å². The fourth-order valence-corrected chi connectivity index (χ4v) is 6.96. The summed E-state index contributed by atoms with van der Waals surface area (Å²) in [7, 11) is -3.89. The molecule has 3 aromatic carbocycles. The Labute approximate surface area is 248 Å². The van der Waals surface area contributed by atoms with Crippen LogP contribution in [0.3, 0.4) is 0 Å². The van der Waals surface area contributed by atoms with Gasteiger partial charge in [-0.1, -0.05) is 67.8 Å². The van der Waals surface area contributed by atoms with Crippen molar-refractivity contribution in [3.63, 3.8) is 0 Å². The lowest BCUT2D eigenvalue weighted by Gasteiger charge is -2.37. The molecule has 0 bridgehead atoms. The van der Waals surface area contributed by atoms with Crippen molar-refractivity contribution >= 4 is 33.3 Å². The Bertz CT molecular complexity index is 1420. The second-order valence-electron chi connectivity index (χ2n) is 10.9. The van der Waals surface area contributed by atoms with Gasteiger partial charge in [0, 0.05) is 50.1 Å². The highest BCUT2D eigenvalue weighted by Crippen LogP contribution is 2.22. The second kappa shape index (κ2) is 13.8. The van der Waals surface area contributed by atoms with Crippen molar-refractivity contribution < 1.29 is 18.0 Å². The molecule has 10 heteroatoms. The van der Waals surface area contributed by atoms with Gasteiger partial charge in [-0.3, -0.25) is 4.79 Å². The summed E-state index contributed by atoms with van der Waals surface area (Å²) in [4.78, 5) is 30.0. The molecule has 2 N–H and O–H groups in total. The molecule has 2 fully saturated rings. The van der Waals surface area contributed by atoms with Gasteiger partial charge in [0.1, 0.15) is 0 Å². The number of rotatable bonds is 9. The van der Waals surface area contributed by atoms with E-state index in [9.17, 15) is 18.0 Å². The largest absolute Gasteiger partial charge is 0.368 e. The zero-order chi connectivity index (χ0) is 29.4. The van der Waals surface area contributed by atoms with Crippen molar-refractivity contribution in [2.24, 2.45) is 0 Å². The Hall–Kier alpha value is -3.89. The summed E-state index contributed by atoms with van der Waals surface area (Å²) in [5.41, 5.74) is 2.39. The second-order valence-corrected chi connectivity index (χ2v) is 12.9. The molecule has 1 aliphatic heterocycles. The number of amides is 3. The molecule has 0 aromatic heterocycles. The molecule has 1 saturated heterocycles. The molecule has 3 amide bonds. The Morgan fingerprint density at radius 1 is 0.786 bits per heavy atom. The van der Waals surface area contributed by atoms with Crippen molar-refractivity contribution in [3.8, 4) is 0 Å². The smallest absolute Gasteiger partial charge is 0.317 e. The number of carbonyl (C=O) groups is 2. The Morgan fingerprint density at radius 2 is 1.40 bits per heavy atom. The maximum Gasteiger partial charge on any atom is 0.317 e. The first-order chi connectivity index (χ1) is 20.4. The predicted octanol–water partition coefficient (Wildman–Crippen LogP) is 4.68. The number of hydrogen-bond donors (Lipinski definition) is 2. The number of urea groups is 1. The maximum atomic E-state index is 13.4. The van der Waals surface area contributed by atoms with Gasteiger partial charge in [0.05, 0.1) is 11.4 Å². The van der Waals surface area contributed by atoms with Gasteiger partial charge < -0.3 is 20.4 Å². The van der Waals surface area contributed by atoms with Crippen LogP contribution in [-0.4, -0.2) is 68.3 Å². The van der Waals surface area contributed by atoms with E-state index in [-0.39, 0.29) is 24.0 Å². The molecule has 1 saturated carbocycles. The van der Waals surface area contributed by atoms with Crippen LogP contribution in [0.25, 0.3) is 0 Å². The fraction of sp³-hybridized carbons (Fsp3) is 0.375. The first-order valence-electron chi connectivity index (χ1n) is 14.7. The van der Waals surface area contributed by atoms with E-state index >= 15 is 0 Å². The van der Waals surface area contributed by atoms with Crippen LogP contribution in [0, 0.1) is 0 Å². The van der Waals surface area contributed by atoms with Gasteiger partial charge in [-0.25, -0.2) is 13.2 Å². The predicted molar refractivity (Wildman–Crippen MR) is 165 cm³/mol. The number of sulfonamides is 1. The topological polar surface area (TPSA) is 102 Å². The van der Waals surface area contributed by atoms with Gasteiger partial charge >= 0.3 is 6.03 Å². The number of nitrogens with one attached hydrogen (secondary N) is 2. The third-order valence-corrected chi connectivity index (χ3v) is 9.72. The number of carbonyl (C=O) groups excluding carboxylic acids is 2. The molecule has 0 atom stereocenters.